The van der Waals surface area contributed by atoms with Crippen LogP contribution in [0.3, 0.4) is 0 Å². The van der Waals surface area contributed by atoms with E-state index in [1.54, 1.807) is 48.5 Å². The zero-order valence-electron chi connectivity index (χ0n) is 19.3. The van der Waals surface area contributed by atoms with E-state index in [-0.39, 0.29) is 18.2 Å². The topological polar surface area (TPSA) is 85.2 Å². The summed E-state index contributed by atoms with van der Waals surface area (Å²) in [5, 5.41) is 10.1. The largest absolute Gasteiger partial charge is 0.495 e. The summed E-state index contributed by atoms with van der Waals surface area (Å²) in [5.41, 5.74) is 5.36. The van der Waals surface area contributed by atoms with Crippen LogP contribution in [0.5, 0.6) is 5.75 Å². The molecule has 0 aliphatic heterocycles. The molecule has 7 heteroatoms. The van der Waals surface area contributed by atoms with Crippen molar-refractivity contribution in [1.82, 2.24) is 9.78 Å². The highest BCUT2D eigenvalue weighted by Crippen LogP contribution is 2.28. The number of nitrogens with one attached hydrogen (secondary N) is 2. The number of hydrogen-bond acceptors (Lipinski definition) is 4. The molecule has 3 aromatic carbocycles. The summed E-state index contributed by atoms with van der Waals surface area (Å²) in [4.78, 5) is 25.3. The molecule has 0 spiro atoms. The van der Waals surface area contributed by atoms with Crippen molar-refractivity contribution in [2.45, 2.75) is 20.3 Å². The first kappa shape index (κ1) is 22.8. The van der Waals surface area contributed by atoms with Crippen molar-refractivity contribution in [3.63, 3.8) is 0 Å². The Bertz CT molecular complexity index is 1340. The SMILES string of the molecule is COc1cccc(C)c1NC(=O)c1cccc(-n2cc(NC(=O)Cc3cccc(C)c3)cn2)c1. The van der Waals surface area contributed by atoms with E-state index in [0.29, 0.717) is 28.4 Å². The number of benzene rings is 3. The quantitative estimate of drug-likeness (QED) is 0.415. The second-order valence-corrected chi connectivity index (χ2v) is 8.04. The normalized spacial score (nSPS) is 10.6. The molecule has 4 rings (SSSR count). The smallest absolute Gasteiger partial charge is 0.255 e. The average Bonchev–Trinajstić information content (AvgIpc) is 3.28. The predicted molar refractivity (Wildman–Crippen MR) is 133 cm³/mol. The van der Waals surface area contributed by atoms with Gasteiger partial charge in [-0.2, -0.15) is 5.10 Å². The molecule has 2 amide bonds. The number of ether oxygens (including phenoxy) is 1. The number of aryl methyl sites for hydroxylation is 2. The minimum Gasteiger partial charge on any atom is -0.495 e. The van der Waals surface area contributed by atoms with E-state index in [1.165, 1.54) is 0 Å². The minimum absolute atomic E-state index is 0.120. The number of para-hydroxylation sites is 1. The van der Waals surface area contributed by atoms with Crippen molar-refractivity contribution in [2.24, 2.45) is 0 Å². The highest BCUT2D eigenvalue weighted by Gasteiger charge is 2.13. The molecule has 0 saturated carbocycles. The van der Waals surface area contributed by atoms with E-state index in [2.05, 4.69) is 15.7 Å². The molecule has 0 aliphatic rings. The van der Waals surface area contributed by atoms with Gasteiger partial charge in [-0.3, -0.25) is 9.59 Å². The van der Waals surface area contributed by atoms with Gasteiger partial charge in [0.25, 0.3) is 5.91 Å². The molecule has 0 fully saturated rings. The number of methoxy groups -OCH3 is 1. The summed E-state index contributed by atoms with van der Waals surface area (Å²) in [7, 11) is 1.57. The van der Waals surface area contributed by atoms with Gasteiger partial charge in [-0.05, 0) is 49.2 Å². The number of carbonyl (C=O) groups excluding carboxylic acids is 2. The van der Waals surface area contributed by atoms with Crippen LogP contribution in [0.1, 0.15) is 27.0 Å². The van der Waals surface area contributed by atoms with Crippen molar-refractivity contribution < 1.29 is 14.3 Å². The zero-order chi connectivity index (χ0) is 24.1. The van der Waals surface area contributed by atoms with Crippen LogP contribution in [0.2, 0.25) is 0 Å². The van der Waals surface area contributed by atoms with Gasteiger partial charge in [0.1, 0.15) is 5.75 Å². The maximum absolute atomic E-state index is 12.9. The van der Waals surface area contributed by atoms with Gasteiger partial charge >= 0.3 is 0 Å². The molecule has 1 aromatic heterocycles. The van der Waals surface area contributed by atoms with E-state index < -0.39 is 0 Å². The van der Waals surface area contributed by atoms with Gasteiger partial charge in [0.2, 0.25) is 5.91 Å². The molecule has 172 valence electrons. The van der Waals surface area contributed by atoms with Gasteiger partial charge in [-0.15, -0.1) is 0 Å². The van der Waals surface area contributed by atoms with E-state index in [4.69, 9.17) is 4.74 Å². The maximum Gasteiger partial charge on any atom is 0.255 e. The number of carbonyl (C=O) groups is 2. The van der Waals surface area contributed by atoms with Crippen LogP contribution in [0, 0.1) is 13.8 Å². The summed E-state index contributed by atoms with van der Waals surface area (Å²) in [6.07, 6.45) is 3.58. The molecule has 0 atom stereocenters. The number of hydrogen-bond donors (Lipinski definition) is 2. The Kier molecular flexibility index (Phi) is 6.73. The molecule has 0 saturated heterocycles. The van der Waals surface area contributed by atoms with Gasteiger partial charge in [-0.1, -0.05) is 48.0 Å². The van der Waals surface area contributed by atoms with Crippen molar-refractivity contribution >= 4 is 23.2 Å². The Balaban J connectivity index is 1.46. The van der Waals surface area contributed by atoms with E-state index >= 15 is 0 Å². The van der Waals surface area contributed by atoms with Crippen LogP contribution in [-0.4, -0.2) is 28.7 Å². The predicted octanol–water partition coefficient (Wildman–Crippen LogP) is 4.93. The molecule has 1 heterocycles. The van der Waals surface area contributed by atoms with Crippen molar-refractivity contribution in [3.8, 4) is 11.4 Å². The second kappa shape index (κ2) is 10.0. The van der Waals surface area contributed by atoms with Crippen LogP contribution in [0.4, 0.5) is 11.4 Å². The van der Waals surface area contributed by atoms with Crippen LogP contribution in [0.25, 0.3) is 5.69 Å². The second-order valence-electron chi connectivity index (χ2n) is 8.04. The number of nitrogens with zero attached hydrogens (tertiary/aromatic N) is 2. The van der Waals surface area contributed by atoms with Crippen molar-refractivity contribution in [3.05, 3.63) is 101 Å². The Morgan fingerprint density at radius 2 is 1.76 bits per heavy atom. The molecule has 0 radical (unpaired) electrons. The van der Waals surface area contributed by atoms with Crippen molar-refractivity contribution in [1.29, 1.82) is 0 Å². The molecular weight excluding hydrogens is 428 g/mol. The summed E-state index contributed by atoms with van der Waals surface area (Å²) in [6.45, 7) is 3.91. The van der Waals surface area contributed by atoms with Crippen LogP contribution < -0.4 is 15.4 Å². The Morgan fingerprint density at radius 3 is 2.56 bits per heavy atom. The van der Waals surface area contributed by atoms with Crippen molar-refractivity contribution in [2.75, 3.05) is 17.7 Å². The molecule has 4 aromatic rings. The fourth-order valence-electron chi connectivity index (χ4n) is 3.69. The highest BCUT2D eigenvalue weighted by atomic mass is 16.5. The van der Waals surface area contributed by atoms with Gasteiger partial charge in [-0.25, -0.2) is 4.68 Å². The molecule has 0 unspecified atom stereocenters. The molecule has 0 bridgehead atoms. The van der Waals surface area contributed by atoms with Crippen LogP contribution in [-0.2, 0) is 11.2 Å². The molecule has 7 nitrogen and oxygen atoms in total. The number of amides is 2. The number of rotatable bonds is 7. The van der Waals surface area contributed by atoms with E-state index in [9.17, 15) is 9.59 Å². The van der Waals surface area contributed by atoms with Gasteiger partial charge in [0.05, 0.1) is 43.0 Å². The lowest BCUT2D eigenvalue weighted by Gasteiger charge is -2.13. The molecule has 0 aliphatic carbocycles. The molecule has 34 heavy (non-hydrogen) atoms. The Morgan fingerprint density at radius 1 is 0.971 bits per heavy atom. The monoisotopic (exact) mass is 454 g/mol. The first-order valence-corrected chi connectivity index (χ1v) is 10.9. The summed E-state index contributed by atoms with van der Waals surface area (Å²) < 4.78 is 6.99. The fraction of sp³-hybridized carbons (Fsp3) is 0.148. The lowest BCUT2D eigenvalue weighted by Crippen LogP contribution is -2.14. The standard InChI is InChI=1S/C27H26N4O3/c1-18-7-4-9-20(13-18)14-25(32)29-22-16-28-31(17-22)23-11-6-10-21(15-23)27(33)30-26-19(2)8-5-12-24(26)34-3/h4-13,15-17H,14H2,1-3H3,(H,29,32)(H,30,33). The zero-order valence-corrected chi connectivity index (χ0v) is 19.3. The number of aromatic nitrogens is 2. The van der Waals surface area contributed by atoms with Crippen LogP contribution in [0.15, 0.2) is 79.1 Å². The van der Waals surface area contributed by atoms with E-state index in [0.717, 1.165) is 16.7 Å². The Hall–Kier alpha value is -4.39. The number of anilines is 2. The minimum atomic E-state index is -0.256. The van der Waals surface area contributed by atoms with Crippen LogP contribution >= 0.6 is 0 Å². The average molecular weight is 455 g/mol. The van der Waals surface area contributed by atoms with Gasteiger partial charge in [0, 0.05) is 5.56 Å². The van der Waals surface area contributed by atoms with Gasteiger partial charge in [0.15, 0.2) is 0 Å². The maximum atomic E-state index is 12.9. The fourth-order valence-corrected chi connectivity index (χ4v) is 3.69. The first-order chi connectivity index (χ1) is 16.4. The summed E-state index contributed by atoms with van der Waals surface area (Å²) in [5.74, 6) is 0.223. The first-order valence-electron chi connectivity index (χ1n) is 10.9. The molecule has 2 N–H and O–H groups in total. The Labute approximate surface area is 198 Å². The summed E-state index contributed by atoms with van der Waals surface area (Å²) >= 11 is 0. The lowest BCUT2D eigenvalue weighted by atomic mass is 10.1. The third-order valence-corrected chi connectivity index (χ3v) is 5.38. The molecular formula is C27H26N4O3. The van der Waals surface area contributed by atoms with Gasteiger partial charge < -0.3 is 15.4 Å². The third kappa shape index (κ3) is 5.32. The lowest BCUT2D eigenvalue weighted by molar-refractivity contribution is -0.115. The highest BCUT2D eigenvalue weighted by molar-refractivity contribution is 6.05. The third-order valence-electron chi connectivity index (χ3n) is 5.38. The van der Waals surface area contributed by atoms with E-state index in [1.807, 2.05) is 56.3 Å². The summed E-state index contributed by atoms with van der Waals surface area (Å²) in [6, 6.07) is 20.6.